The summed E-state index contributed by atoms with van der Waals surface area (Å²) in [5.41, 5.74) is 2.34. The van der Waals surface area contributed by atoms with Crippen LogP contribution < -0.4 is 0 Å². The molecule has 1 fully saturated rings. The van der Waals surface area contributed by atoms with Crippen molar-refractivity contribution in [2.75, 3.05) is 13.1 Å². The SMILES string of the molecule is Fc1ccc(C=NC2CCN(Cc3ccccc3)CC2)cc1. The molecule has 0 spiro atoms. The van der Waals surface area contributed by atoms with E-state index < -0.39 is 0 Å². The molecule has 114 valence electrons. The summed E-state index contributed by atoms with van der Waals surface area (Å²) in [4.78, 5) is 7.14. The van der Waals surface area contributed by atoms with Gasteiger partial charge in [0, 0.05) is 25.8 Å². The highest BCUT2D eigenvalue weighted by Gasteiger charge is 2.17. The lowest BCUT2D eigenvalue weighted by molar-refractivity contribution is 0.206. The van der Waals surface area contributed by atoms with E-state index in [4.69, 9.17) is 0 Å². The van der Waals surface area contributed by atoms with E-state index >= 15 is 0 Å². The minimum atomic E-state index is -0.202. The van der Waals surface area contributed by atoms with E-state index in [2.05, 4.69) is 40.2 Å². The Hall–Kier alpha value is -2.00. The molecule has 0 aliphatic carbocycles. The quantitative estimate of drug-likeness (QED) is 0.781. The second-order valence-electron chi connectivity index (χ2n) is 5.82. The van der Waals surface area contributed by atoms with Crippen molar-refractivity contribution in [1.29, 1.82) is 0 Å². The second-order valence-corrected chi connectivity index (χ2v) is 5.82. The van der Waals surface area contributed by atoms with Gasteiger partial charge in [0.05, 0.1) is 6.04 Å². The van der Waals surface area contributed by atoms with Crippen molar-refractivity contribution in [1.82, 2.24) is 4.90 Å². The summed E-state index contributed by atoms with van der Waals surface area (Å²) in [6.45, 7) is 3.19. The zero-order valence-electron chi connectivity index (χ0n) is 12.7. The summed E-state index contributed by atoms with van der Waals surface area (Å²) in [7, 11) is 0. The Kier molecular flexibility index (Phi) is 4.96. The summed E-state index contributed by atoms with van der Waals surface area (Å²) in [5.74, 6) is -0.202. The van der Waals surface area contributed by atoms with Crippen molar-refractivity contribution in [2.24, 2.45) is 4.99 Å². The molecule has 0 unspecified atom stereocenters. The van der Waals surface area contributed by atoms with E-state index in [0.29, 0.717) is 6.04 Å². The summed E-state index contributed by atoms with van der Waals surface area (Å²) < 4.78 is 12.9. The summed E-state index contributed by atoms with van der Waals surface area (Å²) in [6.07, 6.45) is 4.05. The second kappa shape index (κ2) is 7.32. The number of benzene rings is 2. The van der Waals surface area contributed by atoms with E-state index in [-0.39, 0.29) is 5.82 Å². The first-order valence-corrected chi connectivity index (χ1v) is 7.84. The third-order valence-electron chi connectivity index (χ3n) is 4.11. The van der Waals surface area contributed by atoms with Gasteiger partial charge in [-0.25, -0.2) is 4.39 Å². The van der Waals surface area contributed by atoms with Crippen LogP contribution in [-0.2, 0) is 6.54 Å². The molecule has 2 aromatic carbocycles. The molecule has 0 atom stereocenters. The van der Waals surface area contributed by atoms with Crippen LogP contribution in [0.4, 0.5) is 4.39 Å². The Morgan fingerprint density at radius 3 is 2.36 bits per heavy atom. The number of halogens is 1. The van der Waals surface area contributed by atoms with Crippen LogP contribution in [0, 0.1) is 5.82 Å². The lowest BCUT2D eigenvalue weighted by Crippen LogP contribution is -2.34. The molecule has 2 aromatic rings. The summed E-state index contributed by atoms with van der Waals surface area (Å²) in [6, 6.07) is 17.5. The topological polar surface area (TPSA) is 15.6 Å². The third-order valence-corrected chi connectivity index (χ3v) is 4.11. The van der Waals surface area contributed by atoms with Gasteiger partial charge in [0.15, 0.2) is 0 Å². The fourth-order valence-corrected chi connectivity index (χ4v) is 2.81. The van der Waals surface area contributed by atoms with Crippen LogP contribution in [0.2, 0.25) is 0 Å². The average Bonchev–Trinajstić information content (AvgIpc) is 2.57. The standard InChI is InChI=1S/C19H21FN2/c20-18-8-6-16(7-9-18)14-21-19-10-12-22(13-11-19)15-17-4-2-1-3-5-17/h1-9,14,19H,10-13,15H2. The van der Waals surface area contributed by atoms with E-state index in [9.17, 15) is 4.39 Å². The zero-order chi connectivity index (χ0) is 15.2. The Labute approximate surface area is 131 Å². The minimum absolute atomic E-state index is 0.202. The molecule has 1 heterocycles. The maximum atomic E-state index is 12.9. The van der Waals surface area contributed by atoms with Gasteiger partial charge in [-0.15, -0.1) is 0 Å². The van der Waals surface area contributed by atoms with Crippen LogP contribution in [0.25, 0.3) is 0 Å². The number of likely N-dealkylation sites (tertiary alicyclic amines) is 1. The minimum Gasteiger partial charge on any atom is -0.299 e. The first kappa shape index (κ1) is 14.9. The number of hydrogen-bond donors (Lipinski definition) is 0. The van der Waals surface area contributed by atoms with Gasteiger partial charge in [-0.05, 0) is 36.1 Å². The van der Waals surface area contributed by atoms with Gasteiger partial charge in [0.25, 0.3) is 0 Å². The van der Waals surface area contributed by atoms with Crippen molar-refractivity contribution in [3.8, 4) is 0 Å². The van der Waals surface area contributed by atoms with E-state index in [1.165, 1.54) is 17.7 Å². The number of rotatable bonds is 4. The van der Waals surface area contributed by atoms with Crippen LogP contribution >= 0.6 is 0 Å². The van der Waals surface area contributed by atoms with Crippen molar-refractivity contribution in [3.05, 3.63) is 71.5 Å². The fraction of sp³-hybridized carbons (Fsp3) is 0.316. The number of piperidine rings is 1. The van der Waals surface area contributed by atoms with Crippen LogP contribution in [0.5, 0.6) is 0 Å². The Bertz CT molecular complexity index is 599. The highest BCUT2D eigenvalue weighted by atomic mass is 19.1. The normalized spacial score (nSPS) is 17.1. The van der Waals surface area contributed by atoms with Gasteiger partial charge in [0.2, 0.25) is 0 Å². The largest absolute Gasteiger partial charge is 0.299 e. The highest BCUT2D eigenvalue weighted by molar-refractivity contribution is 5.79. The molecule has 0 radical (unpaired) electrons. The molecule has 3 rings (SSSR count). The van der Waals surface area contributed by atoms with Gasteiger partial charge in [-0.3, -0.25) is 9.89 Å². The van der Waals surface area contributed by atoms with E-state index in [0.717, 1.165) is 38.0 Å². The molecule has 1 aliphatic rings. The summed E-state index contributed by atoms with van der Waals surface area (Å²) in [5, 5.41) is 0. The highest BCUT2D eigenvalue weighted by Crippen LogP contribution is 2.16. The third kappa shape index (κ3) is 4.25. The molecule has 1 saturated heterocycles. The molecular weight excluding hydrogens is 275 g/mol. The lowest BCUT2D eigenvalue weighted by atomic mass is 10.0. The van der Waals surface area contributed by atoms with Gasteiger partial charge in [-0.1, -0.05) is 42.5 Å². The van der Waals surface area contributed by atoms with Crippen LogP contribution in [0.15, 0.2) is 59.6 Å². The maximum absolute atomic E-state index is 12.9. The molecule has 22 heavy (non-hydrogen) atoms. The maximum Gasteiger partial charge on any atom is 0.123 e. The number of nitrogens with zero attached hydrogens (tertiary/aromatic N) is 2. The van der Waals surface area contributed by atoms with E-state index in [1.807, 2.05) is 6.21 Å². The van der Waals surface area contributed by atoms with Crippen LogP contribution in [-0.4, -0.2) is 30.2 Å². The predicted molar refractivity (Wildman–Crippen MR) is 88.7 cm³/mol. The van der Waals surface area contributed by atoms with Gasteiger partial charge in [-0.2, -0.15) is 0 Å². The smallest absolute Gasteiger partial charge is 0.123 e. The number of hydrogen-bond acceptors (Lipinski definition) is 2. The van der Waals surface area contributed by atoms with E-state index in [1.54, 1.807) is 12.1 Å². The molecule has 0 amide bonds. The van der Waals surface area contributed by atoms with Crippen LogP contribution in [0.1, 0.15) is 24.0 Å². The zero-order valence-corrected chi connectivity index (χ0v) is 12.7. The first-order valence-electron chi connectivity index (χ1n) is 7.84. The fourth-order valence-electron chi connectivity index (χ4n) is 2.81. The molecule has 0 aromatic heterocycles. The molecule has 0 bridgehead atoms. The van der Waals surface area contributed by atoms with Crippen molar-refractivity contribution >= 4 is 6.21 Å². The van der Waals surface area contributed by atoms with Crippen molar-refractivity contribution < 1.29 is 4.39 Å². The van der Waals surface area contributed by atoms with Gasteiger partial charge in [0.1, 0.15) is 5.82 Å². The Morgan fingerprint density at radius 1 is 1.00 bits per heavy atom. The molecule has 1 aliphatic heterocycles. The van der Waals surface area contributed by atoms with Crippen LogP contribution in [0.3, 0.4) is 0 Å². The van der Waals surface area contributed by atoms with Gasteiger partial charge >= 0.3 is 0 Å². The molecule has 3 heteroatoms. The molecule has 2 nitrogen and oxygen atoms in total. The molecule has 0 N–H and O–H groups in total. The lowest BCUT2D eigenvalue weighted by Gasteiger charge is -2.30. The molecular formula is C19H21FN2. The molecule has 0 saturated carbocycles. The van der Waals surface area contributed by atoms with Crippen molar-refractivity contribution in [2.45, 2.75) is 25.4 Å². The van der Waals surface area contributed by atoms with Gasteiger partial charge < -0.3 is 0 Å². The Morgan fingerprint density at radius 2 is 1.68 bits per heavy atom. The first-order chi connectivity index (χ1) is 10.8. The summed E-state index contributed by atoms with van der Waals surface area (Å²) >= 11 is 0. The van der Waals surface area contributed by atoms with Crippen molar-refractivity contribution in [3.63, 3.8) is 0 Å². The Balaban J connectivity index is 1.48. The number of aliphatic imine (C=N–C) groups is 1. The average molecular weight is 296 g/mol. The monoisotopic (exact) mass is 296 g/mol. The predicted octanol–water partition coefficient (Wildman–Crippen LogP) is 3.91.